The fraction of sp³-hybridized carbons (Fsp3) is 0.571. The summed E-state index contributed by atoms with van der Waals surface area (Å²) in [6.07, 6.45) is -4.57. The van der Waals surface area contributed by atoms with Crippen molar-refractivity contribution in [3.63, 3.8) is 0 Å². The number of nitrogens with one attached hydrogen (secondary N) is 1. The van der Waals surface area contributed by atoms with E-state index in [1.807, 2.05) is 30.3 Å². The molecule has 2 fully saturated rings. The van der Waals surface area contributed by atoms with Crippen molar-refractivity contribution in [1.82, 2.24) is 5.32 Å². The molecule has 10 nitrogen and oxygen atoms in total. The summed E-state index contributed by atoms with van der Waals surface area (Å²) in [5.74, 6) is -3.65. The van der Waals surface area contributed by atoms with Gasteiger partial charge in [0.2, 0.25) is 5.91 Å². The number of benzene rings is 1. The number of methoxy groups -OCH3 is 1. The van der Waals surface area contributed by atoms with Crippen LogP contribution in [0.4, 0.5) is 0 Å². The predicted octanol–water partition coefficient (Wildman–Crippen LogP) is 0.0575. The van der Waals surface area contributed by atoms with Crippen LogP contribution >= 0.6 is 0 Å². The monoisotopic (exact) mass is 437 g/mol. The van der Waals surface area contributed by atoms with Crippen molar-refractivity contribution in [2.24, 2.45) is 0 Å². The van der Waals surface area contributed by atoms with E-state index < -0.39 is 54.1 Å². The highest BCUT2D eigenvalue weighted by molar-refractivity contribution is 5.80. The molecule has 1 aromatic rings. The van der Waals surface area contributed by atoms with Gasteiger partial charge in [-0.05, 0) is 5.56 Å². The maximum absolute atomic E-state index is 12.7. The van der Waals surface area contributed by atoms with Crippen LogP contribution in [0.2, 0.25) is 0 Å². The maximum Gasteiger partial charge on any atom is 0.367 e. The number of carbonyl (C=O) groups is 3. The molecule has 2 aliphatic rings. The number of rotatable bonds is 8. The van der Waals surface area contributed by atoms with Crippen LogP contribution in [0, 0.1) is 0 Å². The van der Waals surface area contributed by atoms with Crippen LogP contribution in [0.25, 0.3) is 0 Å². The molecule has 3 rings (SSSR count). The third-order valence-electron chi connectivity index (χ3n) is 5.23. The number of fused-ring (bicyclic) bond motifs is 2. The zero-order valence-electron chi connectivity index (χ0n) is 17.6. The molecular formula is C21H27NO9. The minimum atomic E-state index is -1.80. The Bertz CT molecular complexity index is 801. The Labute approximate surface area is 179 Å². The quantitative estimate of drug-likeness (QED) is 0.542. The van der Waals surface area contributed by atoms with Crippen molar-refractivity contribution in [2.45, 2.75) is 63.1 Å². The van der Waals surface area contributed by atoms with Gasteiger partial charge in [-0.1, -0.05) is 30.3 Å². The summed E-state index contributed by atoms with van der Waals surface area (Å²) in [4.78, 5) is 36.1. The lowest BCUT2D eigenvalue weighted by molar-refractivity contribution is -0.338. The van der Waals surface area contributed by atoms with Gasteiger partial charge in [0.05, 0.1) is 25.7 Å². The second kappa shape index (κ2) is 9.73. The number of aliphatic hydroxyl groups is 1. The zero-order valence-corrected chi connectivity index (χ0v) is 17.6. The summed E-state index contributed by atoms with van der Waals surface area (Å²) in [7, 11) is 1.27. The molecule has 0 saturated carbocycles. The molecule has 0 aromatic heterocycles. The van der Waals surface area contributed by atoms with E-state index in [9.17, 15) is 19.5 Å². The molecule has 2 bridgehead atoms. The average molecular weight is 437 g/mol. The Kier molecular flexibility index (Phi) is 7.26. The molecule has 170 valence electrons. The number of carbonyl (C=O) groups excluding carboxylic acids is 3. The van der Waals surface area contributed by atoms with Crippen LogP contribution in [0.1, 0.15) is 25.8 Å². The first-order valence-corrected chi connectivity index (χ1v) is 9.94. The van der Waals surface area contributed by atoms with Crippen LogP contribution in [0.15, 0.2) is 30.3 Å². The Morgan fingerprint density at radius 3 is 2.61 bits per heavy atom. The average Bonchev–Trinajstić information content (AvgIpc) is 2.72. The Balaban J connectivity index is 1.78. The molecule has 2 saturated heterocycles. The predicted molar refractivity (Wildman–Crippen MR) is 104 cm³/mol. The summed E-state index contributed by atoms with van der Waals surface area (Å²) in [6.45, 7) is 2.61. The summed E-state index contributed by atoms with van der Waals surface area (Å²) in [6, 6.07) is 8.49. The van der Waals surface area contributed by atoms with E-state index in [2.05, 4.69) is 5.32 Å². The molecule has 10 heteroatoms. The van der Waals surface area contributed by atoms with E-state index in [0.29, 0.717) is 0 Å². The van der Waals surface area contributed by atoms with E-state index in [1.165, 1.54) is 21.0 Å². The molecule has 1 amide bonds. The molecule has 2 aliphatic heterocycles. The zero-order chi connectivity index (χ0) is 22.6. The summed E-state index contributed by atoms with van der Waals surface area (Å²) < 4.78 is 27.5. The van der Waals surface area contributed by atoms with Crippen LogP contribution in [0.3, 0.4) is 0 Å². The minimum absolute atomic E-state index is 0.155. The Hall–Kier alpha value is -2.53. The van der Waals surface area contributed by atoms with Crippen molar-refractivity contribution in [2.75, 3.05) is 13.7 Å². The highest BCUT2D eigenvalue weighted by atomic mass is 16.8. The van der Waals surface area contributed by atoms with Crippen molar-refractivity contribution in [3.05, 3.63) is 35.9 Å². The van der Waals surface area contributed by atoms with Gasteiger partial charge in [-0.3, -0.25) is 9.59 Å². The number of ether oxygens (including phenoxy) is 5. The molecule has 0 spiro atoms. The Morgan fingerprint density at radius 2 is 2.00 bits per heavy atom. The van der Waals surface area contributed by atoms with Crippen LogP contribution < -0.4 is 5.32 Å². The third kappa shape index (κ3) is 5.21. The summed E-state index contributed by atoms with van der Waals surface area (Å²) in [5, 5.41) is 13.4. The lowest BCUT2D eigenvalue weighted by Gasteiger charge is -2.51. The molecular weight excluding hydrogens is 410 g/mol. The first-order valence-electron chi connectivity index (χ1n) is 9.94. The first-order chi connectivity index (χ1) is 14.8. The van der Waals surface area contributed by atoms with Gasteiger partial charge >= 0.3 is 11.9 Å². The van der Waals surface area contributed by atoms with Crippen molar-refractivity contribution in [1.29, 1.82) is 0 Å². The van der Waals surface area contributed by atoms with Gasteiger partial charge in [0.15, 0.2) is 6.10 Å². The highest BCUT2D eigenvalue weighted by Gasteiger charge is 2.62. The van der Waals surface area contributed by atoms with Crippen LogP contribution in [0.5, 0.6) is 0 Å². The number of hydrogen-bond donors (Lipinski definition) is 2. The second-order valence-corrected chi connectivity index (χ2v) is 7.56. The smallest absolute Gasteiger partial charge is 0.367 e. The van der Waals surface area contributed by atoms with Gasteiger partial charge in [-0.15, -0.1) is 0 Å². The van der Waals surface area contributed by atoms with Crippen molar-refractivity contribution < 1.29 is 43.2 Å². The molecule has 6 atom stereocenters. The summed E-state index contributed by atoms with van der Waals surface area (Å²) in [5.41, 5.74) is 0.911. The summed E-state index contributed by atoms with van der Waals surface area (Å²) >= 11 is 0. The molecule has 1 aromatic carbocycles. The molecule has 2 N–H and O–H groups in total. The number of aliphatic hydroxyl groups excluding tert-OH is 1. The molecule has 0 radical (unpaired) electrons. The number of hydrogen-bond acceptors (Lipinski definition) is 9. The standard InChI is InChI=1S/C21H27NO9/c1-12(23)22-17-16(29-13(2)24)9-21(27-3)20(26)30-18(19(17)31-21)15(25)11-28-10-14-7-5-4-6-8-14/h4-8,15-19,25H,9-11H2,1-3H3,(H,22,23)/t15-,16+,17-,18-,19-,21+/m1/s1. The first kappa shape index (κ1) is 23.1. The van der Waals surface area contributed by atoms with E-state index in [-0.39, 0.29) is 19.6 Å². The molecule has 31 heavy (non-hydrogen) atoms. The lowest BCUT2D eigenvalue weighted by Crippen LogP contribution is -2.72. The van der Waals surface area contributed by atoms with E-state index >= 15 is 0 Å². The minimum Gasteiger partial charge on any atom is -0.460 e. The van der Waals surface area contributed by atoms with Gasteiger partial charge in [-0.2, -0.15) is 0 Å². The number of esters is 2. The fourth-order valence-electron chi connectivity index (χ4n) is 3.84. The van der Waals surface area contributed by atoms with Gasteiger partial charge in [0.1, 0.15) is 18.3 Å². The van der Waals surface area contributed by atoms with E-state index in [4.69, 9.17) is 23.7 Å². The van der Waals surface area contributed by atoms with Crippen molar-refractivity contribution >= 4 is 17.8 Å². The largest absolute Gasteiger partial charge is 0.460 e. The van der Waals surface area contributed by atoms with Crippen LogP contribution in [-0.4, -0.2) is 72.9 Å². The SMILES string of the molecule is CO[C@@]12C[C@H](OC(C)=O)[C@@H](NC(C)=O)[C@@H](O1)[C@@H]([C@H](O)COCc1ccccc1)OC2=O. The van der Waals surface area contributed by atoms with Gasteiger partial charge in [0, 0.05) is 21.0 Å². The molecule has 0 unspecified atom stereocenters. The number of cyclic esters (lactones) is 1. The topological polar surface area (TPSA) is 130 Å². The molecule has 2 heterocycles. The van der Waals surface area contributed by atoms with E-state index in [0.717, 1.165) is 5.56 Å². The highest BCUT2D eigenvalue weighted by Crippen LogP contribution is 2.40. The fourth-order valence-corrected chi connectivity index (χ4v) is 3.84. The van der Waals surface area contributed by atoms with Gasteiger partial charge in [0.25, 0.3) is 5.79 Å². The van der Waals surface area contributed by atoms with E-state index in [1.54, 1.807) is 0 Å². The van der Waals surface area contributed by atoms with Crippen molar-refractivity contribution in [3.8, 4) is 0 Å². The lowest BCUT2D eigenvalue weighted by atomic mass is 9.86. The normalized spacial score (nSPS) is 30.8. The third-order valence-corrected chi connectivity index (χ3v) is 5.23. The van der Waals surface area contributed by atoms with Crippen LogP contribution in [-0.2, 0) is 44.7 Å². The van der Waals surface area contributed by atoms with Gasteiger partial charge in [-0.25, -0.2) is 4.79 Å². The Morgan fingerprint density at radius 1 is 1.29 bits per heavy atom. The second-order valence-electron chi connectivity index (χ2n) is 7.56. The van der Waals surface area contributed by atoms with Gasteiger partial charge < -0.3 is 34.1 Å². The molecule has 0 aliphatic carbocycles. The number of amides is 1. The maximum atomic E-state index is 12.7.